The van der Waals surface area contributed by atoms with E-state index in [1.54, 1.807) is 66.7 Å². The first-order valence-corrected chi connectivity index (χ1v) is 9.82. The van der Waals surface area contributed by atoms with Crippen LogP contribution in [0.25, 0.3) is 6.08 Å². The van der Waals surface area contributed by atoms with Gasteiger partial charge in [0.2, 0.25) is 5.91 Å². The second kappa shape index (κ2) is 10.5. The molecule has 0 bridgehead atoms. The zero-order valence-electron chi connectivity index (χ0n) is 17.3. The number of nitrogens with zero attached hydrogens (tertiary/aromatic N) is 1. The number of nitro benzene ring substituents is 1. The Kier molecular flexibility index (Phi) is 7.32. The maximum atomic E-state index is 12.4. The molecule has 0 aromatic heterocycles. The molecule has 32 heavy (non-hydrogen) atoms. The number of amides is 2. The number of rotatable bonds is 8. The highest BCUT2D eigenvalue weighted by Gasteiger charge is 2.07. The first-order chi connectivity index (χ1) is 15.4. The summed E-state index contributed by atoms with van der Waals surface area (Å²) in [5, 5.41) is 16.2. The smallest absolute Gasteiger partial charge is 0.269 e. The third kappa shape index (κ3) is 6.27. The van der Waals surface area contributed by atoms with E-state index in [1.807, 2.05) is 6.92 Å². The average Bonchev–Trinajstić information content (AvgIpc) is 2.80. The molecule has 0 saturated heterocycles. The van der Waals surface area contributed by atoms with Crippen LogP contribution in [0.2, 0.25) is 0 Å². The lowest BCUT2D eigenvalue weighted by atomic mass is 10.1. The van der Waals surface area contributed by atoms with E-state index in [2.05, 4.69) is 10.6 Å². The van der Waals surface area contributed by atoms with E-state index < -0.39 is 4.92 Å². The number of carbonyl (C=O) groups is 2. The predicted octanol–water partition coefficient (Wildman–Crippen LogP) is 4.90. The van der Waals surface area contributed by atoms with Crippen molar-refractivity contribution in [1.82, 2.24) is 0 Å². The van der Waals surface area contributed by atoms with Crippen molar-refractivity contribution < 1.29 is 19.2 Å². The summed E-state index contributed by atoms with van der Waals surface area (Å²) in [6.07, 6.45) is 2.88. The summed E-state index contributed by atoms with van der Waals surface area (Å²) in [7, 11) is 0. The van der Waals surface area contributed by atoms with Crippen molar-refractivity contribution in [2.24, 2.45) is 0 Å². The quantitative estimate of drug-likeness (QED) is 0.299. The van der Waals surface area contributed by atoms with Crippen LogP contribution in [0.4, 0.5) is 17.1 Å². The lowest BCUT2D eigenvalue weighted by Crippen LogP contribution is -2.12. The summed E-state index contributed by atoms with van der Waals surface area (Å²) < 4.78 is 5.37. The van der Waals surface area contributed by atoms with Crippen molar-refractivity contribution in [3.8, 4) is 5.75 Å². The van der Waals surface area contributed by atoms with Crippen LogP contribution in [0.1, 0.15) is 22.8 Å². The van der Waals surface area contributed by atoms with Crippen molar-refractivity contribution >= 4 is 35.0 Å². The van der Waals surface area contributed by atoms with Crippen LogP contribution in [0.5, 0.6) is 5.75 Å². The molecule has 2 amide bonds. The standard InChI is InChI=1S/C24H21N3O5/c1-2-32-22-14-10-20(11-15-22)26-24(29)18-6-8-19(9-7-18)25-23(28)16-5-17-3-12-21(13-4-17)27(30)31/h3-16H,2H2,1H3,(H,25,28)(H,26,29)/b16-5+. The maximum absolute atomic E-state index is 12.4. The van der Waals surface area contributed by atoms with Gasteiger partial charge in [0.25, 0.3) is 11.6 Å². The van der Waals surface area contributed by atoms with E-state index >= 15 is 0 Å². The monoisotopic (exact) mass is 431 g/mol. The molecule has 0 atom stereocenters. The van der Waals surface area contributed by atoms with Gasteiger partial charge in [0.15, 0.2) is 0 Å². The van der Waals surface area contributed by atoms with Crippen molar-refractivity contribution in [2.75, 3.05) is 17.2 Å². The Bertz CT molecular complexity index is 1120. The largest absolute Gasteiger partial charge is 0.494 e. The van der Waals surface area contributed by atoms with Gasteiger partial charge in [-0.15, -0.1) is 0 Å². The molecular weight excluding hydrogens is 410 g/mol. The van der Waals surface area contributed by atoms with Crippen molar-refractivity contribution in [3.63, 3.8) is 0 Å². The summed E-state index contributed by atoms with van der Waals surface area (Å²) in [6.45, 7) is 2.47. The number of hydrogen-bond donors (Lipinski definition) is 2. The van der Waals surface area contributed by atoms with Gasteiger partial charge in [0, 0.05) is 35.1 Å². The van der Waals surface area contributed by atoms with Crippen molar-refractivity contribution in [1.29, 1.82) is 0 Å². The molecule has 2 N–H and O–H groups in total. The van der Waals surface area contributed by atoms with Crippen LogP contribution in [-0.2, 0) is 4.79 Å². The fourth-order valence-corrected chi connectivity index (χ4v) is 2.77. The summed E-state index contributed by atoms with van der Waals surface area (Å²) in [5.41, 5.74) is 2.26. The Labute approximate surface area is 184 Å². The van der Waals surface area contributed by atoms with Crippen LogP contribution < -0.4 is 15.4 Å². The molecule has 0 aliphatic carbocycles. The summed E-state index contributed by atoms with van der Waals surface area (Å²) in [5.74, 6) is 0.0910. The number of benzene rings is 3. The van der Waals surface area contributed by atoms with Crippen LogP contribution in [0, 0.1) is 10.1 Å². The molecule has 3 rings (SSSR count). The molecular formula is C24H21N3O5. The van der Waals surface area contributed by atoms with Gasteiger partial charge in [-0.05, 0) is 79.2 Å². The Morgan fingerprint density at radius 2 is 1.50 bits per heavy atom. The zero-order valence-corrected chi connectivity index (χ0v) is 17.3. The molecule has 0 unspecified atom stereocenters. The molecule has 0 radical (unpaired) electrons. The normalized spacial score (nSPS) is 10.5. The van der Waals surface area contributed by atoms with Gasteiger partial charge < -0.3 is 15.4 Å². The molecule has 0 spiro atoms. The minimum atomic E-state index is -0.484. The van der Waals surface area contributed by atoms with Crippen LogP contribution in [0.15, 0.2) is 78.9 Å². The Balaban J connectivity index is 1.54. The minimum Gasteiger partial charge on any atom is -0.494 e. The summed E-state index contributed by atoms with van der Waals surface area (Å²) in [4.78, 5) is 34.7. The molecule has 0 fully saturated rings. The molecule has 0 heterocycles. The maximum Gasteiger partial charge on any atom is 0.269 e. The number of carbonyl (C=O) groups excluding carboxylic acids is 2. The average molecular weight is 431 g/mol. The highest BCUT2D eigenvalue weighted by atomic mass is 16.6. The number of nitro groups is 1. The lowest BCUT2D eigenvalue weighted by Gasteiger charge is -2.08. The molecule has 3 aromatic carbocycles. The van der Waals surface area contributed by atoms with Crippen molar-refractivity contribution in [2.45, 2.75) is 6.92 Å². The molecule has 0 aliphatic rings. The number of nitrogens with one attached hydrogen (secondary N) is 2. The van der Waals surface area contributed by atoms with Crippen LogP contribution in [0.3, 0.4) is 0 Å². The topological polar surface area (TPSA) is 111 Å². The number of ether oxygens (including phenoxy) is 1. The number of anilines is 2. The van der Waals surface area contributed by atoms with Crippen LogP contribution in [-0.4, -0.2) is 23.3 Å². The predicted molar refractivity (Wildman–Crippen MR) is 123 cm³/mol. The van der Waals surface area contributed by atoms with E-state index in [4.69, 9.17) is 4.74 Å². The Morgan fingerprint density at radius 1 is 0.906 bits per heavy atom. The van der Waals surface area contributed by atoms with Gasteiger partial charge in [0.05, 0.1) is 11.5 Å². The van der Waals surface area contributed by atoms with Gasteiger partial charge in [-0.2, -0.15) is 0 Å². The summed E-state index contributed by atoms with van der Waals surface area (Å²) in [6, 6.07) is 19.4. The van der Waals surface area contributed by atoms with Gasteiger partial charge in [-0.25, -0.2) is 0 Å². The second-order valence-electron chi connectivity index (χ2n) is 6.66. The summed E-state index contributed by atoms with van der Waals surface area (Å²) >= 11 is 0. The third-order valence-electron chi connectivity index (χ3n) is 4.37. The van der Waals surface area contributed by atoms with Gasteiger partial charge in [-0.1, -0.05) is 0 Å². The van der Waals surface area contributed by atoms with Gasteiger partial charge in [-0.3, -0.25) is 19.7 Å². The molecule has 3 aromatic rings. The highest BCUT2D eigenvalue weighted by Crippen LogP contribution is 2.17. The van der Waals surface area contributed by atoms with Gasteiger partial charge >= 0.3 is 0 Å². The zero-order chi connectivity index (χ0) is 22.9. The Morgan fingerprint density at radius 3 is 2.09 bits per heavy atom. The first kappa shape index (κ1) is 22.2. The number of non-ortho nitro benzene ring substituents is 1. The van der Waals surface area contributed by atoms with E-state index in [0.29, 0.717) is 29.1 Å². The van der Waals surface area contributed by atoms with Crippen molar-refractivity contribution in [3.05, 3.63) is 100 Å². The van der Waals surface area contributed by atoms with E-state index in [0.717, 1.165) is 5.75 Å². The molecule has 8 nitrogen and oxygen atoms in total. The molecule has 8 heteroatoms. The highest BCUT2D eigenvalue weighted by molar-refractivity contribution is 6.05. The lowest BCUT2D eigenvalue weighted by molar-refractivity contribution is -0.384. The second-order valence-corrected chi connectivity index (χ2v) is 6.66. The van der Waals surface area contributed by atoms with Gasteiger partial charge in [0.1, 0.15) is 5.75 Å². The molecule has 162 valence electrons. The Hall–Kier alpha value is -4.46. The van der Waals surface area contributed by atoms with E-state index in [-0.39, 0.29) is 17.5 Å². The van der Waals surface area contributed by atoms with Crippen LogP contribution >= 0.6 is 0 Å². The fraction of sp³-hybridized carbons (Fsp3) is 0.0833. The fourth-order valence-electron chi connectivity index (χ4n) is 2.77. The molecule has 0 aliphatic heterocycles. The minimum absolute atomic E-state index is 0.0155. The van der Waals surface area contributed by atoms with E-state index in [9.17, 15) is 19.7 Å². The van der Waals surface area contributed by atoms with E-state index in [1.165, 1.54) is 18.2 Å². The SMILES string of the molecule is CCOc1ccc(NC(=O)c2ccc(NC(=O)/C=C/c3ccc([N+](=O)[O-])cc3)cc2)cc1. The molecule has 0 saturated carbocycles. The third-order valence-corrected chi connectivity index (χ3v) is 4.37. The first-order valence-electron chi connectivity index (χ1n) is 9.82. The number of hydrogen-bond acceptors (Lipinski definition) is 5.